The Bertz CT molecular complexity index is 713. The lowest BCUT2D eigenvalue weighted by molar-refractivity contribution is -0.141. The smallest absolute Gasteiger partial charge is 0.247 e. The van der Waals surface area contributed by atoms with Crippen LogP contribution in [0.15, 0.2) is 73.3 Å². The molecule has 0 saturated carbocycles. The lowest BCUT2D eigenvalue weighted by Gasteiger charge is -2.31. The molecule has 2 aromatic carbocycles. The molecule has 0 saturated heterocycles. The Labute approximate surface area is 155 Å². The molecular formula is C22H26N2O2. The second-order valence-corrected chi connectivity index (χ2v) is 6.10. The van der Waals surface area contributed by atoms with E-state index in [1.54, 1.807) is 11.0 Å². The second-order valence-electron chi connectivity index (χ2n) is 6.10. The molecule has 2 rings (SSSR count). The van der Waals surface area contributed by atoms with Gasteiger partial charge in [-0.1, -0.05) is 73.7 Å². The van der Waals surface area contributed by atoms with E-state index >= 15 is 0 Å². The summed E-state index contributed by atoms with van der Waals surface area (Å²) in [6.07, 6.45) is 2.78. The normalized spacial score (nSPS) is 11.4. The van der Waals surface area contributed by atoms with Crippen LogP contribution in [0, 0.1) is 0 Å². The molecule has 1 N–H and O–H groups in total. The summed E-state index contributed by atoms with van der Waals surface area (Å²) >= 11 is 0. The van der Waals surface area contributed by atoms with E-state index < -0.39 is 6.04 Å². The van der Waals surface area contributed by atoms with Crippen LogP contribution in [0.1, 0.15) is 36.9 Å². The number of hydrogen-bond donors (Lipinski definition) is 1. The van der Waals surface area contributed by atoms with Crippen LogP contribution >= 0.6 is 0 Å². The summed E-state index contributed by atoms with van der Waals surface area (Å²) in [5.41, 5.74) is 1.80. The third-order valence-corrected chi connectivity index (χ3v) is 4.08. The van der Waals surface area contributed by atoms with Gasteiger partial charge in [0.2, 0.25) is 11.8 Å². The minimum Gasteiger partial charge on any atom is -0.351 e. The average molecular weight is 350 g/mol. The van der Waals surface area contributed by atoms with E-state index in [0.29, 0.717) is 19.5 Å². The molecule has 0 aromatic heterocycles. The van der Waals surface area contributed by atoms with Gasteiger partial charge in [-0.2, -0.15) is 0 Å². The zero-order valence-corrected chi connectivity index (χ0v) is 15.2. The van der Waals surface area contributed by atoms with Crippen molar-refractivity contribution in [1.82, 2.24) is 10.2 Å². The topological polar surface area (TPSA) is 49.4 Å². The Balaban J connectivity index is 2.40. The highest BCUT2D eigenvalue weighted by Gasteiger charge is 2.30. The van der Waals surface area contributed by atoms with Crippen LogP contribution in [0.5, 0.6) is 0 Å². The average Bonchev–Trinajstić information content (AvgIpc) is 2.67. The maximum atomic E-state index is 12.9. The van der Waals surface area contributed by atoms with E-state index in [4.69, 9.17) is 0 Å². The van der Waals surface area contributed by atoms with E-state index in [0.717, 1.165) is 17.5 Å². The molecule has 0 fully saturated rings. The summed E-state index contributed by atoms with van der Waals surface area (Å²) in [4.78, 5) is 27.4. The number of carbonyl (C=O) groups is 2. The number of carbonyl (C=O) groups excluding carboxylic acids is 2. The van der Waals surface area contributed by atoms with Gasteiger partial charge in [-0.25, -0.2) is 0 Å². The van der Waals surface area contributed by atoms with Crippen LogP contribution in [-0.2, 0) is 16.1 Å². The number of benzene rings is 2. The molecule has 0 unspecified atom stereocenters. The molecular weight excluding hydrogens is 324 g/mol. The quantitative estimate of drug-likeness (QED) is 0.698. The Morgan fingerprint density at radius 1 is 1.08 bits per heavy atom. The van der Waals surface area contributed by atoms with Crippen molar-refractivity contribution in [1.29, 1.82) is 0 Å². The van der Waals surface area contributed by atoms with Gasteiger partial charge in [-0.05, 0) is 17.5 Å². The second kappa shape index (κ2) is 10.2. The number of amides is 2. The molecule has 26 heavy (non-hydrogen) atoms. The van der Waals surface area contributed by atoms with Crippen molar-refractivity contribution in [3.05, 3.63) is 84.4 Å². The van der Waals surface area contributed by atoms with Gasteiger partial charge in [-0.15, -0.1) is 6.58 Å². The van der Waals surface area contributed by atoms with Crippen LogP contribution in [0.2, 0.25) is 0 Å². The van der Waals surface area contributed by atoms with Crippen molar-refractivity contribution < 1.29 is 9.59 Å². The summed E-state index contributed by atoms with van der Waals surface area (Å²) < 4.78 is 0. The molecule has 0 aliphatic carbocycles. The van der Waals surface area contributed by atoms with Crippen molar-refractivity contribution in [2.45, 2.75) is 32.4 Å². The van der Waals surface area contributed by atoms with Gasteiger partial charge < -0.3 is 10.2 Å². The van der Waals surface area contributed by atoms with E-state index in [2.05, 4.69) is 11.9 Å². The standard InChI is InChI=1S/C22H26N2O2/c1-3-11-20(25)24(17-18-12-7-5-8-13-18)21(22(26)23-16-4-2)19-14-9-6-10-15-19/h4-10,12-15,21H,2-3,11,16-17H2,1H3,(H,23,26)/t21-/m1/s1. The highest BCUT2D eigenvalue weighted by atomic mass is 16.2. The highest BCUT2D eigenvalue weighted by Crippen LogP contribution is 2.24. The lowest BCUT2D eigenvalue weighted by atomic mass is 10.0. The summed E-state index contributed by atoms with van der Waals surface area (Å²) in [7, 11) is 0. The van der Waals surface area contributed by atoms with Crippen molar-refractivity contribution in [2.24, 2.45) is 0 Å². The fourth-order valence-electron chi connectivity index (χ4n) is 2.84. The Morgan fingerprint density at radius 2 is 1.69 bits per heavy atom. The molecule has 4 nitrogen and oxygen atoms in total. The molecule has 0 radical (unpaired) electrons. The van der Waals surface area contributed by atoms with E-state index in [1.165, 1.54) is 0 Å². The van der Waals surface area contributed by atoms with E-state index in [9.17, 15) is 9.59 Å². The molecule has 0 spiro atoms. The summed E-state index contributed by atoms with van der Waals surface area (Å²) in [6.45, 7) is 6.37. The molecule has 2 aromatic rings. The first-order valence-corrected chi connectivity index (χ1v) is 8.94. The predicted molar refractivity (Wildman–Crippen MR) is 104 cm³/mol. The molecule has 1 atom stereocenters. The fraction of sp³-hybridized carbons (Fsp3) is 0.273. The van der Waals surface area contributed by atoms with Crippen molar-refractivity contribution in [3.63, 3.8) is 0 Å². The summed E-state index contributed by atoms with van der Waals surface area (Å²) in [5, 5.41) is 2.84. The first-order valence-electron chi connectivity index (χ1n) is 8.94. The SMILES string of the molecule is C=CCNC(=O)[C@@H](c1ccccc1)N(Cc1ccccc1)C(=O)CCC. The molecule has 0 aliphatic heterocycles. The Morgan fingerprint density at radius 3 is 2.27 bits per heavy atom. The molecule has 136 valence electrons. The summed E-state index contributed by atoms with van der Waals surface area (Å²) in [5.74, 6) is -0.226. The first-order chi connectivity index (χ1) is 12.7. The zero-order valence-electron chi connectivity index (χ0n) is 15.2. The zero-order chi connectivity index (χ0) is 18.8. The fourth-order valence-corrected chi connectivity index (χ4v) is 2.84. The van der Waals surface area contributed by atoms with Crippen molar-refractivity contribution in [3.8, 4) is 0 Å². The van der Waals surface area contributed by atoms with Crippen molar-refractivity contribution in [2.75, 3.05) is 6.54 Å². The van der Waals surface area contributed by atoms with Crippen LogP contribution < -0.4 is 5.32 Å². The van der Waals surface area contributed by atoms with Gasteiger partial charge in [0.15, 0.2) is 0 Å². The number of hydrogen-bond acceptors (Lipinski definition) is 2. The van der Waals surface area contributed by atoms with Gasteiger partial charge in [0.05, 0.1) is 0 Å². The molecule has 2 amide bonds. The molecule has 0 bridgehead atoms. The monoisotopic (exact) mass is 350 g/mol. The molecule has 0 aliphatic rings. The van der Waals surface area contributed by atoms with Crippen LogP contribution in [-0.4, -0.2) is 23.3 Å². The molecule has 4 heteroatoms. The Hall–Kier alpha value is -2.88. The molecule has 0 heterocycles. The highest BCUT2D eigenvalue weighted by molar-refractivity contribution is 5.88. The minimum absolute atomic E-state index is 0.0287. The van der Waals surface area contributed by atoms with Gasteiger partial charge in [0.1, 0.15) is 6.04 Å². The van der Waals surface area contributed by atoms with Crippen LogP contribution in [0.25, 0.3) is 0 Å². The first kappa shape index (κ1) is 19.4. The maximum absolute atomic E-state index is 12.9. The third kappa shape index (κ3) is 5.31. The van der Waals surface area contributed by atoms with Gasteiger partial charge in [-0.3, -0.25) is 9.59 Å². The third-order valence-electron chi connectivity index (χ3n) is 4.08. The van der Waals surface area contributed by atoms with Crippen LogP contribution in [0.3, 0.4) is 0 Å². The van der Waals surface area contributed by atoms with Gasteiger partial charge >= 0.3 is 0 Å². The lowest BCUT2D eigenvalue weighted by Crippen LogP contribution is -2.43. The van der Waals surface area contributed by atoms with Gasteiger partial charge in [0, 0.05) is 19.5 Å². The van der Waals surface area contributed by atoms with E-state index in [-0.39, 0.29) is 11.8 Å². The maximum Gasteiger partial charge on any atom is 0.247 e. The van der Waals surface area contributed by atoms with E-state index in [1.807, 2.05) is 67.6 Å². The predicted octanol–water partition coefficient (Wildman–Crippen LogP) is 3.86. The van der Waals surface area contributed by atoms with Crippen LogP contribution in [0.4, 0.5) is 0 Å². The largest absolute Gasteiger partial charge is 0.351 e. The summed E-state index contributed by atoms with van der Waals surface area (Å²) in [6, 6.07) is 18.5. The minimum atomic E-state index is -0.671. The number of rotatable bonds is 9. The van der Waals surface area contributed by atoms with Gasteiger partial charge in [0.25, 0.3) is 0 Å². The number of nitrogens with zero attached hydrogens (tertiary/aromatic N) is 1. The van der Waals surface area contributed by atoms with Crippen molar-refractivity contribution >= 4 is 11.8 Å². The number of nitrogens with one attached hydrogen (secondary N) is 1. The Kier molecular flexibility index (Phi) is 7.62.